The number of nitrogens with two attached hydrogens (primary N) is 1. The van der Waals surface area contributed by atoms with Gasteiger partial charge < -0.3 is 5.73 Å². The van der Waals surface area contributed by atoms with Crippen molar-refractivity contribution in [2.75, 3.05) is 5.73 Å². The lowest BCUT2D eigenvalue weighted by molar-refractivity contribution is 0.0861. The second-order valence-electron chi connectivity index (χ2n) is 9.08. The maximum atomic E-state index is 13.0. The Morgan fingerprint density at radius 2 is 1.63 bits per heavy atom. The number of anilines is 1. The van der Waals surface area contributed by atoms with E-state index in [1.54, 1.807) is 0 Å². The Balaban J connectivity index is 2.80. The molecule has 0 aliphatic carbocycles. The van der Waals surface area contributed by atoms with Crippen LogP contribution in [0.15, 0.2) is 9.59 Å². The van der Waals surface area contributed by atoms with Crippen LogP contribution in [-0.4, -0.2) is 19.9 Å². The lowest BCUT2D eigenvalue weighted by Gasteiger charge is -2.20. The minimum Gasteiger partial charge on any atom is -0.384 e. The van der Waals surface area contributed by atoms with Gasteiger partial charge in [-0.1, -0.05) is 41.5 Å². The van der Waals surface area contributed by atoms with Crippen molar-refractivity contribution in [3.63, 3.8) is 0 Å². The molecule has 8 heteroatoms. The Morgan fingerprint density at radius 1 is 1.07 bits per heavy atom. The Labute approximate surface area is 162 Å². The Kier molecular flexibility index (Phi) is 5.27. The number of Topliss-reactive ketones (excluding diaryl/α,β-unsaturated/α-hetero) is 1. The number of nitrogens with zero attached hydrogens (tertiary/aromatic N) is 3. The third-order valence-corrected chi connectivity index (χ3v) is 5.32. The molecule has 2 heterocycles. The van der Waals surface area contributed by atoms with Crippen LogP contribution in [-0.2, 0) is 20.5 Å². The van der Waals surface area contributed by atoms with Gasteiger partial charge in [0.2, 0.25) is 0 Å². The van der Waals surface area contributed by atoms with E-state index in [0.29, 0.717) is 22.0 Å². The van der Waals surface area contributed by atoms with Gasteiger partial charge in [0.1, 0.15) is 16.4 Å². The van der Waals surface area contributed by atoms with Gasteiger partial charge in [0.15, 0.2) is 5.78 Å². The summed E-state index contributed by atoms with van der Waals surface area (Å²) >= 11 is 1.17. The SMILES string of the molecule is Cn1c(N)c(-c2nc(CC(C)(C)C)c(C(=O)C(C)(C)C)s2)c(=O)n(C)c1=O. The summed E-state index contributed by atoms with van der Waals surface area (Å²) in [6.45, 7) is 11.8. The molecule has 148 valence electrons. The fourth-order valence-corrected chi connectivity index (χ4v) is 3.94. The Bertz CT molecular complexity index is 1010. The number of hydrogen-bond donors (Lipinski definition) is 1. The van der Waals surface area contributed by atoms with Crippen molar-refractivity contribution in [1.82, 2.24) is 14.1 Å². The summed E-state index contributed by atoms with van der Waals surface area (Å²) in [6, 6.07) is 0. The molecular formula is C19H28N4O3S. The van der Waals surface area contributed by atoms with Crippen LogP contribution < -0.4 is 17.0 Å². The van der Waals surface area contributed by atoms with Crippen molar-refractivity contribution in [1.29, 1.82) is 0 Å². The molecule has 0 bridgehead atoms. The molecule has 7 nitrogen and oxygen atoms in total. The van der Waals surface area contributed by atoms with E-state index in [4.69, 9.17) is 5.73 Å². The summed E-state index contributed by atoms with van der Waals surface area (Å²) in [4.78, 5) is 42.9. The van der Waals surface area contributed by atoms with Crippen LogP contribution in [0.1, 0.15) is 56.9 Å². The van der Waals surface area contributed by atoms with Crippen molar-refractivity contribution in [2.24, 2.45) is 24.9 Å². The van der Waals surface area contributed by atoms with Gasteiger partial charge in [0.05, 0.1) is 10.6 Å². The highest BCUT2D eigenvalue weighted by molar-refractivity contribution is 7.17. The Hall–Kier alpha value is -2.22. The highest BCUT2D eigenvalue weighted by Gasteiger charge is 2.31. The molecule has 2 N–H and O–H groups in total. The highest BCUT2D eigenvalue weighted by Crippen LogP contribution is 2.35. The quantitative estimate of drug-likeness (QED) is 0.809. The number of rotatable bonds is 3. The standard InChI is InChI=1S/C19H28N4O3S/c1-18(2,3)9-10-12(13(24)19(4,5)6)27-15(21-10)11-14(20)22(7)17(26)23(8)16(11)25/h9,20H2,1-8H3. The fraction of sp³-hybridized carbons (Fsp3) is 0.579. The summed E-state index contributed by atoms with van der Waals surface area (Å²) in [5.74, 6) is 0.0274. The lowest BCUT2D eigenvalue weighted by Crippen LogP contribution is -2.39. The van der Waals surface area contributed by atoms with Gasteiger partial charge in [-0.05, 0) is 11.8 Å². The number of aromatic nitrogens is 3. The summed E-state index contributed by atoms with van der Waals surface area (Å²) in [7, 11) is 2.91. The average molecular weight is 393 g/mol. The van der Waals surface area contributed by atoms with Crippen LogP contribution in [0.2, 0.25) is 0 Å². The van der Waals surface area contributed by atoms with Gasteiger partial charge in [0.25, 0.3) is 5.56 Å². The molecule has 0 amide bonds. The molecule has 0 aliphatic rings. The van der Waals surface area contributed by atoms with Crippen molar-refractivity contribution in [2.45, 2.75) is 48.0 Å². The van der Waals surface area contributed by atoms with Gasteiger partial charge in [-0.2, -0.15) is 0 Å². The molecular weight excluding hydrogens is 364 g/mol. The van der Waals surface area contributed by atoms with Crippen molar-refractivity contribution >= 4 is 22.9 Å². The van der Waals surface area contributed by atoms with E-state index in [1.165, 1.54) is 30.0 Å². The minimum atomic E-state index is -0.573. The van der Waals surface area contributed by atoms with Crippen LogP contribution in [0.5, 0.6) is 0 Å². The third kappa shape index (κ3) is 4.05. The smallest absolute Gasteiger partial charge is 0.332 e. The van der Waals surface area contributed by atoms with Gasteiger partial charge in [0, 0.05) is 19.5 Å². The number of carbonyl (C=O) groups excluding carboxylic acids is 1. The summed E-state index contributed by atoms with van der Waals surface area (Å²) in [5.41, 5.74) is 5.22. The molecule has 0 saturated carbocycles. The number of hydrogen-bond acceptors (Lipinski definition) is 6. The summed E-state index contributed by atoms with van der Waals surface area (Å²) in [5, 5.41) is 0.371. The highest BCUT2D eigenvalue weighted by atomic mass is 32.1. The van der Waals surface area contributed by atoms with Gasteiger partial charge in [-0.3, -0.25) is 18.7 Å². The van der Waals surface area contributed by atoms with Crippen molar-refractivity contribution < 1.29 is 4.79 Å². The van der Waals surface area contributed by atoms with Crippen LogP contribution >= 0.6 is 11.3 Å². The van der Waals surface area contributed by atoms with E-state index in [9.17, 15) is 14.4 Å². The topological polar surface area (TPSA) is 100.0 Å². The number of nitrogen functional groups attached to an aromatic ring is 1. The van der Waals surface area contributed by atoms with Crippen LogP contribution in [0.25, 0.3) is 10.6 Å². The zero-order chi connectivity index (χ0) is 20.9. The minimum absolute atomic E-state index is 0.0225. The second kappa shape index (κ2) is 6.74. The lowest BCUT2D eigenvalue weighted by atomic mass is 9.86. The maximum Gasteiger partial charge on any atom is 0.332 e. The molecule has 0 fully saturated rings. The van der Waals surface area contributed by atoms with Crippen LogP contribution in [0.3, 0.4) is 0 Å². The van der Waals surface area contributed by atoms with Gasteiger partial charge in [-0.15, -0.1) is 11.3 Å². The largest absolute Gasteiger partial charge is 0.384 e. The molecule has 0 unspecified atom stereocenters. The van der Waals surface area contributed by atoms with Crippen LogP contribution in [0, 0.1) is 10.8 Å². The molecule has 0 saturated heterocycles. The molecule has 0 atom stereocenters. The summed E-state index contributed by atoms with van der Waals surface area (Å²) < 4.78 is 2.22. The molecule has 0 aliphatic heterocycles. The van der Waals surface area contributed by atoms with E-state index in [0.717, 1.165) is 4.57 Å². The first-order valence-corrected chi connectivity index (χ1v) is 9.57. The molecule has 2 rings (SSSR count). The van der Waals surface area contributed by atoms with Crippen molar-refractivity contribution in [3.05, 3.63) is 31.4 Å². The van der Waals surface area contributed by atoms with E-state index in [2.05, 4.69) is 25.8 Å². The number of ketones is 1. The number of thiazole rings is 1. The second-order valence-corrected chi connectivity index (χ2v) is 10.1. The maximum absolute atomic E-state index is 13.0. The molecule has 0 spiro atoms. The first-order chi connectivity index (χ1) is 12.1. The molecule has 2 aromatic rings. The molecule has 0 radical (unpaired) electrons. The zero-order valence-electron chi connectivity index (χ0n) is 17.3. The predicted octanol–water partition coefficient (Wildman–Crippen LogP) is 2.61. The van der Waals surface area contributed by atoms with E-state index < -0.39 is 16.7 Å². The number of carbonyl (C=O) groups is 1. The van der Waals surface area contributed by atoms with Crippen LogP contribution in [0.4, 0.5) is 5.82 Å². The van der Waals surface area contributed by atoms with Gasteiger partial charge >= 0.3 is 5.69 Å². The predicted molar refractivity (Wildman–Crippen MR) is 109 cm³/mol. The molecule has 0 aromatic carbocycles. The van der Waals surface area contributed by atoms with Gasteiger partial charge in [-0.25, -0.2) is 9.78 Å². The average Bonchev–Trinajstić information content (AvgIpc) is 2.90. The summed E-state index contributed by atoms with van der Waals surface area (Å²) in [6.07, 6.45) is 0.590. The van der Waals surface area contributed by atoms with E-state index in [-0.39, 0.29) is 22.6 Å². The van der Waals surface area contributed by atoms with E-state index >= 15 is 0 Å². The first-order valence-electron chi connectivity index (χ1n) is 8.75. The Morgan fingerprint density at radius 3 is 2.11 bits per heavy atom. The monoisotopic (exact) mass is 392 g/mol. The fourth-order valence-electron chi connectivity index (χ4n) is 2.66. The third-order valence-electron chi connectivity index (χ3n) is 4.21. The zero-order valence-corrected chi connectivity index (χ0v) is 18.1. The molecule has 2 aromatic heterocycles. The normalized spacial score (nSPS) is 12.4. The van der Waals surface area contributed by atoms with E-state index in [1.807, 2.05) is 20.8 Å². The first kappa shape index (κ1) is 21.1. The van der Waals surface area contributed by atoms with Crippen molar-refractivity contribution in [3.8, 4) is 10.6 Å². The molecule has 27 heavy (non-hydrogen) atoms.